The Morgan fingerprint density at radius 2 is 1.84 bits per heavy atom. The molecule has 0 bridgehead atoms. The van der Waals surface area contributed by atoms with E-state index in [1.807, 2.05) is 32.0 Å². The maximum absolute atomic E-state index is 14.1. The van der Waals surface area contributed by atoms with Crippen LogP contribution in [0.1, 0.15) is 37.0 Å². The zero-order chi connectivity index (χ0) is 31.5. The van der Waals surface area contributed by atoms with Crippen LogP contribution in [0.2, 0.25) is 0 Å². The number of methoxy groups -OCH3 is 1. The zero-order valence-corrected chi connectivity index (χ0v) is 24.8. The number of nitrogens with one attached hydrogen (secondary N) is 1. The highest BCUT2D eigenvalue weighted by molar-refractivity contribution is 6.24. The minimum atomic E-state index is -2.68. The van der Waals surface area contributed by atoms with Crippen LogP contribution in [0.4, 0.5) is 0 Å². The minimum absolute atomic E-state index is 0.0103. The number of phenols is 1. The van der Waals surface area contributed by atoms with Crippen LogP contribution in [-0.2, 0) is 27.3 Å². The number of aromatic hydroxyl groups is 1. The molecule has 0 aliphatic heterocycles. The summed E-state index contributed by atoms with van der Waals surface area (Å²) in [4.78, 5) is 41.1. The van der Waals surface area contributed by atoms with Gasteiger partial charge in [-0.25, -0.2) is 0 Å². The molecule has 2 aromatic rings. The molecule has 5 rings (SSSR count). The monoisotopic (exact) mass is 591 g/mol. The molecule has 3 aliphatic carbocycles. The summed E-state index contributed by atoms with van der Waals surface area (Å²) in [7, 11) is 4.68. The van der Waals surface area contributed by atoms with E-state index >= 15 is 0 Å². The lowest BCUT2D eigenvalue weighted by Gasteiger charge is -2.50. The van der Waals surface area contributed by atoms with E-state index in [4.69, 9.17) is 10.5 Å². The Morgan fingerprint density at radius 1 is 1.14 bits per heavy atom. The van der Waals surface area contributed by atoms with Gasteiger partial charge in [-0.05, 0) is 67.7 Å². The SMILES string of the molecule is COc1ccc(CNC(C)C)cc1-c1ccc(O)c2c1C[C@H]1C[C@H]3C(N(C)C)C(=O)C(C(N)=O)=C(O)[C@@]3(O)C(=O)C1=C2O. The molecule has 4 atom stereocenters. The number of phenolic OH excluding ortho intramolecular Hbond substituents is 1. The molecule has 7 N–H and O–H groups in total. The molecular formula is C32H37N3O8. The van der Waals surface area contributed by atoms with Crippen molar-refractivity contribution >= 4 is 23.2 Å². The van der Waals surface area contributed by atoms with Gasteiger partial charge in [0.2, 0.25) is 5.78 Å². The van der Waals surface area contributed by atoms with E-state index in [2.05, 4.69) is 5.32 Å². The number of nitrogens with zero attached hydrogens (tertiary/aromatic N) is 1. The fraction of sp³-hybridized carbons (Fsp3) is 0.406. The van der Waals surface area contributed by atoms with Gasteiger partial charge in [-0.2, -0.15) is 0 Å². The first-order chi connectivity index (χ1) is 20.2. The number of primary amides is 1. The highest BCUT2D eigenvalue weighted by Crippen LogP contribution is 2.54. The molecule has 1 fully saturated rings. The van der Waals surface area contributed by atoms with Gasteiger partial charge in [0.1, 0.15) is 28.6 Å². The number of hydrogen-bond acceptors (Lipinski definition) is 10. The number of Topliss-reactive ketones (excluding diaryl/α,β-unsaturated/α-hetero) is 2. The second-order valence-electron chi connectivity index (χ2n) is 12.0. The lowest BCUT2D eigenvalue weighted by atomic mass is 9.57. The van der Waals surface area contributed by atoms with Crippen molar-refractivity contribution in [2.75, 3.05) is 21.2 Å². The Balaban J connectivity index is 1.70. The van der Waals surface area contributed by atoms with Crippen LogP contribution < -0.4 is 15.8 Å². The topological polar surface area (TPSA) is 183 Å². The molecular weight excluding hydrogens is 554 g/mol. The van der Waals surface area contributed by atoms with Crippen LogP contribution >= 0.6 is 0 Å². The average molecular weight is 592 g/mol. The summed E-state index contributed by atoms with van der Waals surface area (Å²) in [5.41, 5.74) is 4.66. The maximum Gasteiger partial charge on any atom is 0.255 e. The first-order valence-corrected chi connectivity index (χ1v) is 14.1. The molecule has 228 valence electrons. The molecule has 1 saturated carbocycles. The van der Waals surface area contributed by atoms with Crippen molar-refractivity contribution in [2.24, 2.45) is 17.6 Å². The number of rotatable bonds is 7. The van der Waals surface area contributed by atoms with Gasteiger partial charge >= 0.3 is 0 Å². The van der Waals surface area contributed by atoms with Crippen molar-refractivity contribution in [3.05, 3.63) is 63.9 Å². The molecule has 11 heteroatoms. The van der Waals surface area contributed by atoms with Crippen LogP contribution in [-0.4, -0.2) is 81.7 Å². The third-order valence-corrected chi connectivity index (χ3v) is 8.87. The number of likely N-dealkylation sites (N-methyl/N-ethyl adjacent to an activating group) is 1. The summed E-state index contributed by atoms with van der Waals surface area (Å²) in [5.74, 6) is -6.28. The Hall–Kier alpha value is -4.19. The van der Waals surface area contributed by atoms with Gasteiger partial charge in [0.05, 0.1) is 18.7 Å². The van der Waals surface area contributed by atoms with Gasteiger partial charge in [-0.1, -0.05) is 26.0 Å². The number of carbonyl (C=O) groups excluding carboxylic acids is 3. The van der Waals surface area contributed by atoms with E-state index in [1.54, 1.807) is 27.3 Å². The molecule has 2 aromatic carbocycles. The number of hydrogen-bond donors (Lipinski definition) is 6. The quantitative estimate of drug-likeness (QED) is 0.261. The van der Waals surface area contributed by atoms with Crippen LogP contribution in [0.3, 0.4) is 0 Å². The standard InChI is InChI=1S/C32H37N3O8/c1-14(2)34-13-15-6-9-22(43-5)18(10-15)17-7-8-21(36)24-19(17)11-16-12-20-26(35(3)4)28(38)25(31(33)41)30(40)32(20,42)29(39)23(16)27(24)37/h6-10,14,16,20,26,34,36-37,40,42H,11-13H2,1-5H3,(H2,33,41)/t16-,20-,26?,32-/m0/s1. The van der Waals surface area contributed by atoms with Gasteiger partial charge in [0.15, 0.2) is 11.4 Å². The van der Waals surface area contributed by atoms with Gasteiger partial charge in [-0.3, -0.25) is 19.3 Å². The number of ether oxygens (including phenoxy) is 1. The third-order valence-electron chi connectivity index (χ3n) is 8.87. The summed E-state index contributed by atoms with van der Waals surface area (Å²) in [5, 5.41) is 48.7. The van der Waals surface area contributed by atoms with E-state index in [9.17, 15) is 34.8 Å². The lowest BCUT2D eigenvalue weighted by molar-refractivity contribution is -0.153. The number of fused-ring (bicyclic) bond motifs is 3. The first-order valence-electron chi connectivity index (χ1n) is 14.1. The average Bonchev–Trinajstić information content (AvgIpc) is 2.93. The van der Waals surface area contributed by atoms with E-state index in [1.165, 1.54) is 11.0 Å². The number of aliphatic hydroxyl groups is 3. The fourth-order valence-electron chi connectivity index (χ4n) is 6.89. The number of benzene rings is 2. The van der Waals surface area contributed by atoms with E-state index in [0.29, 0.717) is 23.4 Å². The number of carbonyl (C=O) groups is 3. The summed E-state index contributed by atoms with van der Waals surface area (Å²) < 4.78 is 5.67. The van der Waals surface area contributed by atoms with Crippen molar-refractivity contribution in [1.82, 2.24) is 10.2 Å². The Labute approximate surface area is 249 Å². The predicted octanol–water partition coefficient (Wildman–Crippen LogP) is 2.14. The maximum atomic E-state index is 14.1. The van der Waals surface area contributed by atoms with E-state index in [-0.39, 0.29) is 35.8 Å². The molecule has 1 unspecified atom stereocenters. The smallest absolute Gasteiger partial charge is 0.255 e. The highest BCUT2D eigenvalue weighted by Gasteiger charge is 2.64. The first kappa shape index (κ1) is 30.3. The molecule has 1 amide bonds. The number of amides is 1. The van der Waals surface area contributed by atoms with E-state index in [0.717, 1.165) is 11.1 Å². The summed E-state index contributed by atoms with van der Waals surface area (Å²) in [6, 6.07) is 8.03. The third kappa shape index (κ3) is 4.59. The number of nitrogens with two attached hydrogens (primary N) is 1. The molecule has 3 aliphatic rings. The fourth-order valence-corrected chi connectivity index (χ4v) is 6.89. The summed E-state index contributed by atoms with van der Waals surface area (Å²) in [6.45, 7) is 4.70. The number of ketones is 2. The normalized spacial score (nSPS) is 25.2. The zero-order valence-electron chi connectivity index (χ0n) is 24.8. The van der Waals surface area contributed by atoms with Crippen molar-refractivity contribution < 1.29 is 39.5 Å². The van der Waals surface area contributed by atoms with Crippen LogP contribution in [0.5, 0.6) is 11.5 Å². The highest BCUT2D eigenvalue weighted by atomic mass is 16.5. The molecule has 0 heterocycles. The summed E-state index contributed by atoms with van der Waals surface area (Å²) >= 11 is 0. The van der Waals surface area contributed by atoms with Crippen molar-refractivity contribution in [3.8, 4) is 22.6 Å². The second-order valence-corrected chi connectivity index (χ2v) is 12.0. The van der Waals surface area contributed by atoms with Gasteiger partial charge in [0.25, 0.3) is 5.91 Å². The second kappa shape index (κ2) is 10.8. The van der Waals surface area contributed by atoms with Gasteiger partial charge < -0.3 is 36.2 Å². The Morgan fingerprint density at radius 3 is 2.44 bits per heavy atom. The Kier molecular flexibility index (Phi) is 7.62. The lowest BCUT2D eigenvalue weighted by Crippen LogP contribution is -2.65. The molecule has 0 radical (unpaired) electrons. The van der Waals surface area contributed by atoms with E-state index < -0.39 is 58.0 Å². The van der Waals surface area contributed by atoms with Crippen molar-refractivity contribution in [2.45, 2.75) is 50.9 Å². The predicted molar refractivity (Wildman–Crippen MR) is 158 cm³/mol. The molecule has 0 aromatic heterocycles. The molecule has 0 spiro atoms. The molecule has 0 saturated heterocycles. The molecule has 11 nitrogen and oxygen atoms in total. The van der Waals surface area contributed by atoms with Crippen LogP contribution in [0.25, 0.3) is 16.9 Å². The Bertz CT molecular complexity index is 1610. The molecule has 43 heavy (non-hydrogen) atoms. The van der Waals surface area contributed by atoms with Gasteiger partial charge in [-0.15, -0.1) is 0 Å². The largest absolute Gasteiger partial charge is 0.508 e. The summed E-state index contributed by atoms with van der Waals surface area (Å²) in [6.07, 6.45) is 0.187. The minimum Gasteiger partial charge on any atom is -0.508 e. The van der Waals surface area contributed by atoms with Crippen LogP contribution in [0.15, 0.2) is 47.2 Å². The van der Waals surface area contributed by atoms with Crippen molar-refractivity contribution in [1.29, 1.82) is 0 Å². The van der Waals surface area contributed by atoms with Crippen LogP contribution in [0, 0.1) is 11.8 Å². The van der Waals surface area contributed by atoms with Crippen molar-refractivity contribution in [3.63, 3.8) is 0 Å². The number of aliphatic hydroxyl groups excluding tert-OH is 2. The van der Waals surface area contributed by atoms with Gasteiger partial charge in [0, 0.05) is 29.6 Å².